The average molecular weight is 244 g/mol. The molecule has 4 heteroatoms. The normalized spacial score (nSPS) is 14.7. The van der Waals surface area contributed by atoms with Crippen LogP contribution in [0.25, 0.3) is 0 Å². The molecule has 1 N–H and O–H groups in total. The van der Waals surface area contributed by atoms with E-state index in [-0.39, 0.29) is 12.0 Å². The maximum Gasteiger partial charge on any atom is 0.324 e. The smallest absolute Gasteiger partial charge is 0.324 e. The number of nitrogens with zero attached hydrogens (tertiary/aromatic N) is 1. The number of hydrogen-bond acceptors (Lipinski definition) is 4. The van der Waals surface area contributed by atoms with Gasteiger partial charge in [0.1, 0.15) is 6.04 Å². The Bertz CT molecular complexity index is 210. The largest absolute Gasteiger partial charge is 0.468 e. The van der Waals surface area contributed by atoms with Crippen LogP contribution in [0.1, 0.15) is 40.0 Å². The predicted molar refractivity (Wildman–Crippen MR) is 71.1 cm³/mol. The van der Waals surface area contributed by atoms with Gasteiger partial charge in [0.25, 0.3) is 0 Å². The molecule has 0 heterocycles. The summed E-state index contributed by atoms with van der Waals surface area (Å²) in [4.78, 5) is 13.9. The number of hydrogen-bond donors (Lipinski definition) is 1. The molecule has 17 heavy (non-hydrogen) atoms. The lowest BCUT2D eigenvalue weighted by molar-refractivity contribution is -0.143. The number of unbranched alkanes of at least 4 members (excludes halogenated alkanes) is 1. The number of carbonyl (C=O) groups is 1. The molecular formula is C13H28N2O2. The molecule has 0 aliphatic rings. The second kappa shape index (κ2) is 9.42. The number of nitrogens with one attached hydrogen (secondary N) is 1. The first-order valence-corrected chi connectivity index (χ1v) is 6.59. The summed E-state index contributed by atoms with van der Waals surface area (Å²) in [5.41, 5.74) is 0. The first kappa shape index (κ1) is 16.4. The quantitative estimate of drug-likeness (QED) is 0.626. The number of ether oxygens (including phenoxy) is 1. The Hall–Kier alpha value is -0.610. The Balaban J connectivity index is 4.42. The minimum absolute atomic E-state index is 0.183. The molecule has 0 aliphatic heterocycles. The van der Waals surface area contributed by atoms with Gasteiger partial charge in [0.15, 0.2) is 0 Å². The lowest BCUT2D eigenvalue weighted by Gasteiger charge is -2.31. The van der Waals surface area contributed by atoms with Crippen LogP contribution in [0.2, 0.25) is 0 Å². The van der Waals surface area contributed by atoms with Crippen molar-refractivity contribution in [1.29, 1.82) is 0 Å². The first-order valence-electron chi connectivity index (χ1n) is 6.59. The van der Waals surface area contributed by atoms with Crippen molar-refractivity contribution < 1.29 is 9.53 Å². The van der Waals surface area contributed by atoms with E-state index in [1.165, 1.54) is 20.0 Å². The molecule has 0 radical (unpaired) electrons. The van der Waals surface area contributed by atoms with Gasteiger partial charge in [-0.05, 0) is 33.4 Å². The summed E-state index contributed by atoms with van der Waals surface area (Å²) in [5.74, 6) is -0.183. The summed E-state index contributed by atoms with van der Waals surface area (Å²) >= 11 is 0. The van der Waals surface area contributed by atoms with E-state index in [9.17, 15) is 4.79 Å². The van der Waals surface area contributed by atoms with E-state index < -0.39 is 0 Å². The third-order valence-electron chi connectivity index (χ3n) is 3.26. The second-order valence-electron chi connectivity index (χ2n) is 4.47. The maximum absolute atomic E-state index is 11.6. The number of methoxy groups -OCH3 is 1. The van der Waals surface area contributed by atoms with E-state index in [0.29, 0.717) is 6.04 Å². The number of rotatable bonds is 9. The first-order chi connectivity index (χ1) is 8.10. The lowest BCUT2D eigenvalue weighted by Crippen LogP contribution is -2.48. The fourth-order valence-corrected chi connectivity index (χ4v) is 1.77. The molecule has 0 aromatic carbocycles. The van der Waals surface area contributed by atoms with Gasteiger partial charge in [0.05, 0.1) is 7.11 Å². The minimum atomic E-state index is -0.231. The lowest BCUT2D eigenvalue weighted by atomic mass is 10.1. The van der Waals surface area contributed by atoms with Crippen LogP contribution in [0.3, 0.4) is 0 Å². The topological polar surface area (TPSA) is 41.6 Å². The molecule has 2 unspecified atom stereocenters. The van der Waals surface area contributed by atoms with Gasteiger partial charge in [0.2, 0.25) is 0 Å². The highest BCUT2D eigenvalue weighted by Crippen LogP contribution is 2.07. The van der Waals surface area contributed by atoms with Gasteiger partial charge in [-0.1, -0.05) is 20.3 Å². The van der Waals surface area contributed by atoms with Crippen molar-refractivity contribution in [3.8, 4) is 0 Å². The van der Waals surface area contributed by atoms with Gasteiger partial charge < -0.3 is 10.1 Å². The van der Waals surface area contributed by atoms with Crippen LogP contribution in [0.4, 0.5) is 0 Å². The van der Waals surface area contributed by atoms with Crippen LogP contribution >= 0.6 is 0 Å². The van der Waals surface area contributed by atoms with E-state index >= 15 is 0 Å². The molecular weight excluding hydrogens is 216 g/mol. The van der Waals surface area contributed by atoms with Crippen LogP contribution in [-0.4, -0.2) is 50.2 Å². The fraction of sp³-hybridized carbons (Fsp3) is 0.923. The maximum atomic E-state index is 11.6. The summed E-state index contributed by atoms with van der Waals surface area (Å²) in [6.07, 6.45) is 3.44. The zero-order valence-corrected chi connectivity index (χ0v) is 12.0. The highest BCUT2D eigenvalue weighted by molar-refractivity contribution is 5.75. The van der Waals surface area contributed by atoms with E-state index in [1.54, 1.807) is 7.05 Å². The Kier molecular flexibility index (Phi) is 9.09. The van der Waals surface area contributed by atoms with E-state index in [2.05, 4.69) is 31.0 Å². The van der Waals surface area contributed by atoms with E-state index in [0.717, 1.165) is 19.5 Å². The molecule has 0 aromatic heterocycles. The molecule has 0 bridgehead atoms. The van der Waals surface area contributed by atoms with Gasteiger partial charge in [-0.2, -0.15) is 0 Å². The van der Waals surface area contributed by atoms with Crippen molar-refractivity contribution >= 4 is 5.97 Å². The van der Waals surface area contributed by atoms with Crippen LogP contribution in [-0.2, 0) is 9.53 Å². The minimum Gasteiger partial charge on any atom is -0.468 e. The molecule has 0 aromatic rings. The van der Waals surface area contributed by atoms with E-state index in [4.69, 9.17) is 4.74 Å². The Labute approximate surface area is 106 Å². The monoisotopic (exact) mass is 244 g/mol. The van der Waals surface area contributed by atoms with Crippen molar-refractivity contribution in [3.63, 3.8) is 0 Å². The number of likely N-dealkylation sites (N-methyl/N-ethyl adjacent to an activating group) is 1. The summed E-state index contributed by atoms with van der Waals surface area (Å²) in [6.45, 7) is 8.33. The van der Waals surface area contributed by atoms with Gasteiger partial charge in [-0.15, -0.1) is 0 Å². The Morgan fingerprint density at radius 3 is 2.47 bits per heavy atom. The molecule has 0 saturated heterocycles. The predicted octanol–water partition coefficient (Wildman–Crippen LogP) is 1.65. The van der Waals surface area contributed by atoms with Crippen molar-refractivity contribution in [2.45, 2.75) is 52.1 Å². The molecule has 0 aliphatic carbocycles. The molecule has 0 amide bonds. The third-order valence-corrected chi connectivity index (χ3v) is 3.26. The van der Waals surface area contributed by atoms with Crippen molar-refractivity contribution in [2.24, 2.45) is 0 Å². The molecule has 0 saturated carbocycles. The van der Waals surface area contributed by atoms with Crippen molar-refractivity contribution in [1.82, 2.24) is 10.2 Å². The van der Waals surface area contributed by atoms with Crippen molar-refractivity contribution in [3.05, 3.63) is 0 Å². The second-order valence-corrected chi connectivity index (χ2v) is 4.47. The molecule has 4 nitrogen and oxygen atoms in total. The third kappa shape index (κ3) is 6.03. The standard InChI is InChI=1S/C13H28N2O2/c1-6-8-9-15(11(3)7-2)10-12(14-4)13(16)17-5/h11-12,14H,6-10H2,1-5H3. The number of carbonyl (C=O) groups excluding carboxylic acids is 1. The summed E-state index contributed by atoms with van der Waals surface area (Å²) in [7, 11) is 3.24. The zero-order valence-electron chi connectivity index (χ0n) is 12.0. The van der Waals surface area contributed by atoms with Crippen molar-refractivity contribution in [2.75, 3.05) is 27.2 Å². The highest BCUT2D eigenvalue weighted by atomic mass is 16.5. The number of esters is 1. The van der Waals surface area contributed by atoms with Crippen LogP contribution in [0.5, 0.6) is 0 Å². The Morgan fingerprint density at radius 2 is 2.06 bits per heavy atom. The molecule has 2 atom stereocenters. The molecule has 0 fully saturated rings. The fourth-order valence-electron chi connectivity index (χ4n) is 1.77. The highest BCUT2D eigenvalue weighted by Gasteiger charge is 2.22. The summed E-state index contributed by atoms with van der Waals surface area (Å²) < 4.78 is 4.79. The van der Waals surface area contributed by atoms with Crippen LogP contribution < -0.4 is 5.32 Å². The van der Waals surface area contributed by atoms with Crippen LogP contribution in [0, 0.1) is 0 Å². The van der Waals surface area contributed by atoms with Gasteiger partial charge in [-0.25, -0.2) is 0 Å². The van der Waals surface area contributed by atoms with Gasteiger partial charge in [-0.3, -0.25) is 9.69 Å². The van der Waals surface area contributed by atoms with Crippen LogP contribution in [0.15, 0.2) is 0 Å². The van der Waals surface area contributed by atoms with E-state index in [1.807, 2.05) is 0 Å². The summed E-state index contributed by atoms with van der Waals surface area (Å²) in [5, 5.41) is 3.02. The molecule has 102 valence electrons. The zero-order chi connectivity index (χ0) is 13.3. The summed E-state index contributed by atoms with van der Waals surface area (Å²) in [6, 6.07) is 0.271. The molecule has 0 rings (SSSR count). The van der Waals surface area contributed by atoms with Gasteiger partial charge in [0, 0.05) is 12.6 Å². The Morgan fingerprint density at radius 1 is 1.41 bits per heavy atom. The average Bonchev–Trinajstić information content (AvgIpc) is 2.37. The SMILES string of the molecule is CCCCN(CC(NC)C(=O)OC)C(C)CC. The van der Waals surface area contributed by atoms with Gasteiger partial charge >= 0.3 is 5.97 Å². The molecule has 0 spiro atoms.